The van der Waals surface area contributed by atoms with Crippen molar-refractivity contribution in [2.24, 2.45) is 0 Å². The van der Waals surface area contributed by atoms with Crippen molar-refractivity contribution in [3.05, 3.63) is 87.8 Å². The molecule has 4 rings (SSSR count). The lowest BCUT2D eigenvalue weighted by molar-refractivity contribution is 0.0251. The molecule has 6 heteroatoms. The molecule has 0 unspecified atom stereocenters. The van der Waals surface area contributed by atoms with Crippen LogP contribution in [0.15, 0.2) is 71.7 Å². The van der Waals surface area contributed by atoms with Gasteiger partial charge in [-0.25, -0.2) is 0 Å². The van der Waals surface area contributed by atoms with E-state index in [1.165, 1.54) is 10.2 Å². The molecule has 3 aromatic rings. The van der Waals surface area contributed by atoms with Crippen LogP contribution in [0.5, 0.6) is 0 Å². The molecule has 5 nitrogen and oxygen atoms in total. The summed E-state index contributed by atoms with van der Waals surface area (Å²) in [6.45, 7) is 2.20. The van der Waals surface area contributed by atoms with E-state index in [1.54, 1.807) is 6.20 Å². The Morgan fingerprint density at radius 2 is 1.64 bits per heavy atom. The molecule has 0 saturated carbocycles. The number of hydrogen-bond acceptors (Lipinski definition) is 4. The number of ether oxygens (including phenoxy) is 1. The van der Waals surface area contributed by atoms with Crippen LogP contribution in [0.4, 0.5) is 5.69 Å². The van der Waals surface area contributed by atoms with Crippen LogP contribution in [-0.4, -0.2) is 29.0 Å². The monoisotopic (exact) mass is 395 g/mol. The zero-order valence-electron chi connectivity index (χ0n) is 15.5. The summed E-state index contributed by atoms with van der Waals surface area (Å²) in [6, 6.07) is 19.5. The summed E-state index contributed by atoms with van der Waals surface area (Å²) in [5.74, 6) is 0. The van der Waals surface area contributed by atoms with Gasteiger partial charge in [0, 0.05) is 13.1 Å². The van der Waals surface area contributed by atoms with E-state index >= 15 is 0 Å². The number of hydrogen-bond donors (Lipinski definition) is 0. The summed E-state index contributed by atoms with van der Waals surface area (Å²) in [6.07, 6.45) is 3.69. The van der Waals surface area contributed by atoms with Crippen LogP contribution >= 0.6 is 11.6 Å². The van der Waals surface area contributed by atoms with Crippen molar-refractivity contribution < 1.29 is 4.74 Å². The molecule has 144 valence electrons. The van der Waals surface area contributed by atoms with E-state index in [4.69, 9.17) is 16.3 Å². The fourth-order valence-electron chi connectivity index (χ4n) is 3.45. The van der Waals surface area contributed by atoms with Crippen molar-refractivity contribution >= 4 is 17.3 Å². The summed E-state index contributed by atoms with van der Waals surface area (Å²) >= 11 is 6.41. The molecule has 0 spiro atoms. The highest BCUT2D eigenvalue weighted by Gasteiger charge is 2.23. The summed E-state index contributed by atoms with van der Waals surface area (Å²) in [4.78, 5) is 14.8. The molecular formula is C22H22ClN3O2. The molecule has 0 N–H and O–H groups in total. The van der Waals surface area contributed by atoms with Crippen LogP contribution < -0.4 is 10.5 Å². The summed E-state index contributed by atoms with van der Waals surface area (Å²) < 4.78 is 7.38. The van der Waals surface area contributed by atoms with Gasteiger partial charge in [-0.3, -0.25) is 4.79 Å². The van der Waals surface area contributed by atoms with E-state index in [1.807, 2.05) is 48.5 Å². The molecule has 0 atom stereocenters. The number of benzene rings is 2. The largest absolute Gasteiger partial charge is 0.373 e. The van der Waals surface area contributed by atoms with E-state index in [2.05, 4.69) is 22.1 Å². The highest BCUT2D eigenvalue weighted by molar-refractivity contribution is 6.33. The van der Waals surface area contributed by atoms with Crippen molar-refractivity contribution in [3.63, 3.8) is 0 Å². The first-order valence-corrected chi connectivity index (χ1v) is 9.84. The molecule has 0 radical (unpaired) electrons. The Balaban J connectivity index is 1.41. The van der Waals surface area contributed by atoms with E-state index in [-0.39, 0.29) is 16.7 Å². The smallest absolute Gasteiger partial charge is 0.292 e. The van der Waals surface area contributed by atoms with Gasteiger partial charge in [0.2, 0.25) is 0 Å². The Bertz CT molecular complexity index is 968. The van der Waals surface area contributed by atoms with E-state index < -0.39 is 0 Å². The molecule has 0 bridgehead atoms. The van der Waals surface area contributed by atoms with Gasteiger partial charge in [-0.05, 0) is 30.5 Å². The molecule has 1 fully saturated rings. The maximum atomic E-state index is 12.7. The number of aromatic nitrogens is 2. The van der Waals surface area contributed by atoms with Crippen LogP contribution in [0.25, 0.3) is 5.69 Å². The van der Waals surface area contributed by atoms with Gasteiger partial charge in [0.05, 0.1) is 30.3 Å². The van der Waals surface area contributed by atoms with Gasteiger partial charge < -0.3 is 9.64 Å². The average Bonchev–Trinajstić information content (AvgIpc) is 2.76. The minimum atomic E-state index is -0.298. The highest BCUT2D eigenvalue weighted by Crippen LogP contribution is 2.26. The summed E-state index contributed by atoms with van der Waals surface area (Å²) in [7, 11) is 0. The molecule has 0 aliphatic carbocycles. The molecule has 0 amide bonds. The Labute approximate surface area is 169 Å². The lowest BCUT2D eigenvalue weighted by Gasteiger charge is -2.33. The quantitative estimate of drug-likeness (QED) is 0.653. The van der Waals surface area contributed by atoms with Crippen LogP contribution in [0.2, 0.25) is 5.02 Å². The van der Waals surface area contributed by atoms with Crippen LogP contribution in [-0.2, 0) is 11.3 Å². The van der Waals surface area contributed by atoms with E-state index in [9.17, 15) is 4.79 Å². The maximum absolute atomic E-state index is 12.7. The lowest BCUT2D eigenvalue weighted by atomic mass is 10.1. The van der Waals surface area contributed by atoms with E-state index in [0.717, 1.165) is 25.9 Å². The minimum Gasteiger partial charge on any atom is -0.373 e. The SMILES string of the molecule is O=c1c(Cl)c(N2CCC(OCc3ccccc3)CC2)cnn1-c1ccccc1. The summed E-state index contributed by atoms with van der Waals surface area (Å²) in [5, 5.41) is 4.54. The van der Waals surface area contributed by atoms with Gasteiger partial charge in [-0.1, -0.05) is 60.1 Å². The minimum absolute atomic E-state index is 0.211. The third-order valence-electron chi connectivity index (χ3n) is 5.01. The van der Waals surface area contributed by atoms with Crippen LogP contribution in [0, 0.1) is 0 Å². The normalized spacial score (nSPS) is 15.0. The third kappa shape index (κ3) is 4.11. The Morgan fingerprint density at radius 1 is 1.00 bits per heavy atom. The predicted octanol–water partition coefficient (Wildman–Crippen LogP) is 4.07. The number of rotatable bonds is 5. The standard InChI is InChI=1S/C22H22ClN3O2/c23-21-20(15-24-26(22(21)27)18-9-5-2-6-10-18)25-13-11-19(12-14-25)28-16-17-7-3-1-4-8-17/h1-10,15,19H,11-14,16H2. The van der Waals surface area contributed by atoms with Crippen molar-refractivity contribution in [1.29, 1.82) is 0 Å². The van der Waals surface area contributed by atoms with Crippen molar-refractivity contribution in [2.75, 3.05) is 18.0 Å². The molecule has 2 heterocycles. The highest BCUT2D eigenvalue weighted by atomic mass is 35.5. The fourth-order valence-corrected chi connectivity index (χ4v) is 3.70. The molecular weight excluding hydrogens is 374 g/mol. The predicted molar refractivity (Wildman–Crippen MR) is 111 cm³/mol. The zero-order chi connectivity index (χ0) is 19.3. The number of halogens is 1. The van der Waals surface area contributed by atoms with Crippen molar-refractivity contribution in [2.45, 2.75) is 25.6 Å². The Morgan fingerprint density at radius 3 is 2.32 bits per heavy atom. The van der Waals surface area contributed by atoms with Gasteiger partial charge in [-0.2, -0.15) is 9.78 Å². The van der Waals surface area contributed by atoms with Gasteiger partial charge >= 0.3 is 0 Å². The maximum Gasteiger partial charge on any atom is 0.292 e. The number of piperidine rings is 1. The van der Waals surface area contributed by atoms with E-state index in [0.29, 0.717) is 18.0 Å². The Kier molecular flexibility index (Phi) is 5.74. The Hall–Kier alpha value is -2.63. The fraction of sp³-hybridized carbons (Fsp3) is 0.273. The first-order valence-electron chi connectivity index (χ1n) is 9.46. The molecule has 1 aromatic heterocycles. The lowest BCUT2D eigenvalue weighted by Crippen LogP contribution is -2.38. The van der Waals surface area contributed by atoms with Gasteiger partial charge in [0.1, 0.15) is 5.02 Å². The zero-order valence-corrected chi connectivity index (χ0v) is 16.3. The summed E-state index contributed by atoms with van der Waals surface area (Å²) in [5.41, 5.74) is 2.28. The van der Waals surface area contributed by atoms with Gasteiger partial charge in [0.25, 0.3) is 5.56 Å². The second kappa shape index (κ2) is 8.59. The third-order valence-corrected chi connectivity index (χ3v) is 5.37. The molecule has 28 heavy (non-hydrogen) atoms. The van der Waals surface area contributed by atoms with Gasteiger partial charge in [0.15, 0.2) is 0 Å². The molecule has 1 saturated heterocycles. The second-order valence-electron chi connectivity index (χ2n) is 6.88. The molecule has 2 aromatic carbocycles. The van der Waals surface area contributed by atoms with Crippen molar-refractivity contribution in [1.82, 2.24) is 9.78 Å². The van der Waals surface area contributed by atoms with Crippen LogP contribution in [0.3, 0.4) is 0 Å². The number of anilines is 1. The molecule has 1 aliphatic rings. The van der Waals surface area contributed by atoms with Gasteiger partial charge in [-0.15, -0.1) is 0 Å². The van der Waals surface area contributed by atoms with Crippen LogP contribution in [0.1, 0.15) is 18.4 Å². The first kappa shape index (κ1) is 18.7. The average molecular weight is 396 g/mol. The second-order valence-corrected chi connectivity index (χ2v) is 7.26. The molecule has 1 aliphatic heterocycles. The van der Waals surface area contributed by atoms with Crippen molar-refractivity contribution in [3.8, 4) is 5.69 Å². The first-order chi connectivity index (χ1) is 13.7. The number of para-hydroxylation sites is 1. The number of nitrogens with zero attached hydrogens (tertiary/aromatic N) is 3. The topological polar surface area (TPSA) is 47.4 Å².